The SMILES string of the molecule is C=C(OC(C)(C)C)C1CC2CC1C(C)C2C(C)(CC(C)(CC1C(=O)OC(=O)C1C1C(C)C2CC(CC(O)(C(F)(F)F)C(F)(F)F)C1C2)C(=O)OC(C)(C)C)C(=O)OCO. The van der Waals surface area contributed by atoms with E-state index in [-0.39, 0.29) is 42.9 Å². The molecule has 1 heterocycles. The van der Waals surface area contributed by atoms with E-state index in [9.17, 15) is 55.7 Å². The fourth-order valence-corrected chi connectivity index (χ4v) is 12.7. The first-order chi connectivity index (χ1) is 26.7. The van der Waals surface area contributed by atoms with Crippen molar-refractivity contribution in [1.82, 2.24) is 0 Å². The second-order valence-electron chi connectivity index (χ2n) is 21.0. The number of aliphatic hydroxyl groups is 2. The minimum absolute atomic E-state index is 0.00308. The first kappa shape index (κ1) is 47.2. The standard InChI is InChI=1S/C43H62F6O10/c1-20-23-12-25(16-41(55,42(44,45)46)43(47,48)49)28(13-23)30(20)31-29(33(51)57-34(31)52)17-39(10,35(53)59-38(7,8)9)18-40(11,36(54)56-19-50)32-21(2)26-14-24(32)15-27(26)22(3)58-37(4,5)6/h20-21,23-32,50,55H,3,12-19H2,1-2,4-11H3. The summed E-state index contributed by atoms with van der Waals surface area (Å²) in [4.78, 5) is 56.2. The number of carbonyl (C=O) groups excluding carboxylic acids is 4. The smallest absolute Gasteiger partial charge is 0.426 e. The molecule has 1 saturated heterocycles. The van der Waals surface area contributed by atoms with E-state index in [0.29, 0.717) is 12.2 Å². The number of fused-ring (bicyclic) bond motifs is 4. The third-order valence-corrected chi connectivity index (χ3v) is 14.7. The molecule has 5 aliphatic rings. The number of ether oxygens (including phenoxy) is 4. The van der Waals surface area contributed by atoms with Crippen LogP contribution in [0, 0.1) is 81.8 Å². The van der Waals surface area contributed by atoms with Crippen molar-refractivity contribution in [3.8, 4) is 0 Å². The topological polar surface area (TPSA) is 146 Å². The Morgan fingerprint density at radius 1 is 0.763 bits per heavy atom. The summed E-state index contributed by atoms with van der Waals surface area (Å²) in [7, 11) is 0. The van der Waals surface area contributed by atoms with Crippen LogP contribution in [0.5, 0.6) is 0 Å². The molecule has 0 aromatic rings. The molecule has 4 aliphatic carbocycles. The van der Waals surface area contributed by atoms with E-state index in [4.69, 9.17) is 18.9 Å². The molecule has 0 aromatic heterocycles. The van der Waals surface area contributed by atoms with Crippen molar-refractivity contribution < 1.29 is 74.7 Å². The summed E-state index contributed by atoms with van der Waals surface area (Å²) in [5.74, 6) is -10.1. The summed E-state index contributed by atoms with van der Waals surface area (Å²) in [5.41, 5.74) is -9.73. The Bertz CT molecular complexity index is 1650. The first-order valence-corrected chi connectivity index (χ1v) is 20.7. The molecule has 16 heteroatoms. The van der Waals surface area contributed by atoms with Crippen molar-refractivity contribution in [3.05, 3.63) is 12.3 Å². The molecule has 0 radical (unpaired) electrons. The van der Waals surface area contributed by atoms with Gasteiger partial charge < -0.3 is 29.2 Å². The van der Waals surface area contributed by atoms with Crippen molar-refractivity contribution in [1.29, 1.82) is 0 Å². The van der Waals surface area contributed by atoms with Crippen molar-refractivity contribution >= 4 is 23.9 Å². The number of allylic oxidation sites excluding steroid dienone is 1. The van der Waals surface area contributed by atoms with E-state index >= 15 is 0 Å². The maximum Gasteiger partial charge on any atom is 0.426 e. The fourth-order valence-electron chi connectivity index (χ4n) is 12.7. The Labute approximate surface area is 342 Å². The van der Waals surface area contributed by atoms with Gasteiger partial charge in [0.1, 0.15) is 11.2 Å². The molecule has 5 fully saturated rings. The summed E-state index contributed by atoms with van der Waals surface area (Å²) in [6, 6.07) is 0. The molecule has 4 bridgehead atoms. The van der Waals surface area contributed by atoms with Crippen molar-refractivity contribution in [3.63, 3.8) is 0 Å². The normalized spacial score (nSPS) is 35.6. The maximum atomic E-state index is 14.5. The van der Waals surface area contributed by atoms with Crippen LogP contribution < -0.4 is 0 Å². The average molecular weight is 853 g/mol. The van der Waals surface area contributed by atoms with Crippen LogP contribution in [0.2, 0.25) is 0 Å². The molecular weight excluding hydrogens is 790 g/mol. The third kappa shape index (κ3) is 8.65. The predicted molar refractivity (Wildman–Crippen MR) is 199 cm³/mol. The number of rotatable bonds is 13. The van der Waals surface area contributed by atoms with Crippen LogP contribution in [0.15, 0.2) is 12.3 Å². The van der Waals surface area contributed by atoms with E-state index < -0.39 is 131 Å². The monoisotopic (exact) mass is 852 g/mol. The lowest BCUT2D eigenvalue weighted by atomic mass is 9.56. The zero-order chi connectivity index (χ0) is 44.8. The largest absolute Gasteiger partial charge is 0.493 e. The summed E-state index contributed by atoms with van der Waals surface area (Å²) in [6.45, 7) is 20.9. The van der Waals surface area contributed by atoms with Gasteiger partial charge in [0.25, 0.3) is 5.60 Å². The van der Waals surface area contributed by atoms with E-state index in [2.05, 4.69) is 6.58 Å². The van der Waals surface area contributed by atoms with Crippen molar-refractivity contribution in [2.24, 2.45) is 81.8 Å². The lowest BCUT2D eigenvalue weighted by Crippen LogP contribution is -2.58. The highest BCUT2D eigenvalue weighted by Crippen LogP contribution is 2.66. The molecule has 2 N–H and O–H groups in total. The number of esters is 4. The van der Waals surface area contributed by atoms with Crippen molar-refractivity contribution in [2.45, 2.75) is 143 Å². The molecule has 0 aromatic carbocycles. The van der Waals surface area contributed by atoms with Gasteiger partial charge in [0.05, 0.1) is 28.4 Å². The molecule has 0 amide bonds. The summed E-state index contributed by atoms with van der Waals surface area (Å²) in [5, 5.41) is 20.0. The molecule has 336 valence electrons. The Kier molecular flexibility index (Phi) is 12.4. The van der Waals surface area contributed by atoms with Gasteiger partial charge in [-0.25, -0.2) is 0 Å². The maximum absolute atomic E-state index is 14.5. The van der Waals surface area contributed by atoms with Crippen LogP contribution in [0.25, 0.3) is 0 Å². The Balaban J connectivity index is 1.51. The molecule has 0 spiro atoms. The zero-order valence-electron chi connectivity index (χ0n) is 35.7. The number of hydrogen-bond donors (Lipinski definition) is 2. The number of cyclic esters (lactones) is 2. The van der Waals surface area contributed by atoms with E-state index in [1.165, 1.54) is 6.92 Å². The van der Waals surface area contributed by atoms with Gasteiger partial charge in [-0.05, 0) is 154 Å². The lowest BCUT2D eigenvalue weighted by molar-refractivity contribution is -0.373. The van der Waals surface area contributed by atoms with Gasteiger partial charge in [-0.3, -0.25) is 19.2 Å². The Hall–Kier alpha value is -2.88. The molecule has 14 unspecified atom stereocenters. The van der Waals surface area contributed by atoms with Crippen LogP contribution >= 0.6 is 0 Å². The molecule has 5 rings (SSSR count). The lowest BCUT2D eigenvalue weighted by Gasteiger charge is -2.47. The van der Waals surface area contributed by atoms with Gasteiger partial charge in [-0.1, -0.05) is 20.4 Å². The summed E-state index contributed by atoms with van der Waals surface area (Å²) < 4.78 is 106. The first-order valence-electron chi connectivity index (χ1n) is 20.7. The second kappa shape index (κ2) is 15.5. The number of hydrogen-bond acceptors (Lipinski definition) is 10. The zero-order valence-corrected chi connectivity index (χ0v) is 35.7. The van der Waals surface area contributed by atoms with Gasteiger partial charge in [-0.2, -0.15) is 26.3 Å². The minimum Gasteiger partial charge on any atom is -0.493 e. The van der Waals surface area contributed by atoms with E-state index in [0.717, 1.165) is 6.42 Å². The summed E-state index contributed by atoms with van der Waals surface area (Å²) >= 11 is 0. The van der Waals surface area contributed by atoms with Crippen molar-refractivity contribution in [2.75, 3.05) is 6.79 Å². The van der Waals surface area contributed by atoms with E-state index in [1.807, 2.05) is 27.7 Å². The van der Waals surface area contributed by atoms with Gasteiger partial charge in [0.2, 0.25) is 0 Å². The fraction of sp³-hybridized carbons (Fsp3) is 0.860. The van der Waals surface area contributed by atoms with Gasteiger partial charge in [0, 0.05) is 5.92 Å². The van der Waals surface area contributed by atoms with Crippen LogP contribution in [0.3, 0.4) is 0 Å². The summed E-state index contributed by atoms with van der Waals surface area (Å²) in [6.07, 6.45) is -12.9. The molecule has 10 nitrogen and oxygen atoms in total. The number of alkyl halides is 6. The quantitative estimate of drug-likeness (QED) is 0.0464. The highest BCUT2D eigenvalue weighted by Gasteiger charge is 2.72. The number of halogens is 6. The molecule has 14 atom stereocenters. The average Bonchev–Trinajstić information content (AvgIpc) is 3.86. The van der Waals surface area contributed by atoms with Gasteiger partial charge in [0.15, 0.2) is 6.79 Å². The number of aliphatic hydroxyl groups excluding tert-OH is 1. The van der Waals surface area contributed by atoms with Crippen LogP contribution in [0.1, 0.15) is 114 Å². The molecule has 4 saturated carbocycles. The van der Waals surface area contributed by atoms with Crippen LogP contribution in [-0.2, 0) is 38.1 Å². The third-order valence-electron chi connectivity index (χ3n) is 14.7. The van der Waals surface area contributed by atoms with Gasteiger partial charge in [-0.15, -0.1) is 0 Å². The molecule has 59 heavy (non-hydrogen) atoms. The Morgan fingerprint density at radius 3 is 1.81 bits per heavy atom. The highest BCUT2D eigenvalue weighted by molar-refractivity contribution is 5.97. The minimum atomic E-state index is -6.02. The predicted octanol–water partition coefficient (Wildman–Crippen LogP) is 8.32. The second-order valence-corrected chi connectivity index (χ2v) is 21.0. The van der Waals surface area contributed by atoms with Gasteiger partial charge >= 0.3 is 36.2 Å². The van der Waals surface area contributed by atoms with Crippen LogP contribution in [0.4, 0.5) is 26.3 Å². The molecule has 1 aliphatic heterocycles. The van der Waals surface area contributed by atoms with Crippen LogP contribution in [-0.4, -0.2) is 70.0 Å². The number of carbonyl (C=O) groups is 4. The van der Waals surface area contributed by atoms with E-state index in [1.54, 1.807) is 34.6 Å². The Morgan fingerprint density at radius 2 is 1.32 bits per heavy atom. The molecular formula is C43H62F6O10. The highest BCUT2D eigenvalue weighted by atomic mass is 19.4.